The lowest BCUT2D eigenvalue weighted by Crippen LogP contribution is -2.31. The van der Waals surface area contributed by atoms with E-state index in [4.69, 9.17) is 0 Å². The van der Waals surface area contributed by atoms with Crippen LogP contribution in [-0.2, 0) is 10.0 Å². The molecule has 1 aliphatic heterocycles. The normalized spacial score (nSPS) is 15.9. The molecule has 4 rings (SSSR count). The number of amides is 1. The van der Waals surface area contributed by atoms with Crippen LogP contribution in [-0.4, -0.2) is 41.0 Å². The van der Waals surface area contributed by atoms with E-state index in [-0.39, 0.29) is 22.5 Å². The highest BCUT2D eigenvalue weighted by Crippen LogP contribution is 2.24. The zero-order valence-corrected chi connectivity index (χ0v) is 19.1. The van der Waals surface area contributed by atoms with Crippen LogP contribution in [0.25, 0.3) is 0 Å². The molecule has 1 N–H and O–H groups in total. The van der Waals surface area contributed by atoms with Gasteiger partial charge in [-0.05, 0) is 73.0 Å². The Morgan fingerprint density at radius 2 is 1.70 bits per heavy atom. The van der Waals surface area contributed by atoms with Gasteiger partial charge in [0, 0.05) is 37.9 Å². The second-order valence-electron chi connectivity index (χ2n) is 8.12. The lowest BCUT2D eigenvalue weighted by Gasteiger charge is -2.19. The number of anilines is 2. The lowest BCUT2D eigenvalue weighted by molar-refractivity contribution is 0.0948. The van der Waals surface area contributed by atoms with E-state index >= 15 is 0 Å². The van der Waals surface area contributed by atoms with Gasteiger partial charge in [-0.25, -0.2) is 12.8 Å². The smallest absolute Gasteiger partial charge is 0.264 e. The van der Waals surface area contributed by atoms with E-state index in [1.165, 1.54) is 47.8 Å². The van der Waals surface area contributed by atoms with Crippen molar-refractivity contribution in [3.63, 3.8) is 0 Å². The number of halogens is 1. The average molecular weight is 468 g/mol. The lowest BCUT2D eigenvalue weighted by atomic mass is 10.1. The van der Waals surface area contributed by atoms with Gasteiger partial charge in [0.15, 0.2) is 0 Å². The molecule has 1 atom stereocenters. The number of nitrogens with one attached hydrogen (secondary N) is 1. The molecule has 0 radical (unpaired) electrons. The van der Waals surface area contributed by atoms with Crippen LogP contribution in [0.1, 0.15) is 16.8 Å². The molecule has 1 saturated heterocycles. The van der Waals surface area contributed by atoms with Crippen LogP contribution in [0.5, 0.6) is 0 Å². The van der Waals surface area contributed by atoms with E-state index < -0.39 is 10.0 Å². The van der Waals surface area contributed by atoms with E-state index in [0.29, 0.717) is 17.8 Å². The van der Waals surface area contributed by atoms with Gasteiger partial charge in [0.05, 0.1) is 10.6 Å². The highest BCUT2D eigenvalue weighted by atomic mass is 32.2. The van der Waals surface area contributed by atoms with Crippen LogP contribution in [0.4, 0.5) is 15.8 Å². The molecular formula is C25H26FN3O3S. The number of nitrogens with zero attached hydrogens (tertiary/aromatic N) is 2. The van der Waals surface area contributed by atoms with E-state index in [2.05, 4.69) is 10.2 Å². The molecule has 6 nitrogen and oxygen atoms in total. The van der Waals surface area contributed by atoms with Gasteiger partial charge in [-0.3, -0.25) is 9.10 Å². The van der Waals surface area contributed by atoms with E-state index in [1.807, 2.05) is 6.07 Å². The SMILES string of the molecule is CN(c1ccccc1)S(=O)(=O)c1ccc(C(=O)NCC2CCN(c3ccc(F)cc3)C2)cc1. The number of benzene rings is 3. The van der Waals surface area contributed by atoms with E-state index in [0.717, 1.165) is 25.2 Å². The summed E-state index contributed by atoms with van der Waals surface area (Å²) in [6.45, 7) is 2.16. The fourth-order valence-corrected chi connectivity index (χ4v) is 5.13. The predicted molar refractivity (Wildman–Crippen MR) is 128 cm³/mol. The summed E-state index contributed by atoms with van der Waals surface area (Å²) in [5.74, 6) is -0.207. The molecular weight excluding hydrogens is 441 g/mol. The Bertz CT molecular complexity index is 1200. The molecule has 33 heavy (non-hydrogen) atoms. The third kappa shape index (κ3) is 5.17. The minimum Gasteiger partial charge on any atom is -0.371 e. The summed E-state index contributed by atoms with van der Waals surface area (Å²) < 4.78 is 40.1. The van der Waals surface area contributed by atoms with Crippen molar-refractivity contribution in [3.8, 4) is 0 Å². The molecule has 3 aromatic carbocycles. The van der Waals surface area contributed by atoms with Crippen molar-refractivity contribution in [2.45, 2.75) is 11.3 Å². The van der Waals surface area contributed by atoms with Gasteiger partial charge in [0.2, 0.25) is 0 Å². The number of rotatable bonds is 7. The number of sulfonamides is 1. The Hall–Kier alpha value is -3.39. The van der Waals surface area contributed by atoms with Crippen molar-refractivity contribution in [1.29, 1.82) is 0 Å². The van der Waals surface area contributed by atoms with Gasteiger partial charge in [0.25, 0.3) is 15.9 Å². The van der Waals surface area contributed by atoms with Crippen LogP contribution in [0.2, 0.25) is 0 Å². The maximum atomic E-state index is 13.1. The summed E-state index contributed by atoms with van der Waals surface area (Å²) in [7, 11) is -2.22. The standard InChI is InChI=1S/C25H26FN3O3S/c1-28(22-5-3-2-4-6-22)33(31,32)24-13-7-20(8-14-24)25(30)27-17-19-15-16-29(18-19)23-11-9-21(26)10-12-23/h2-14,19H,15-18H2,1H3,(H,27,30). The summed E-state index contributed by atoms with van der Waals surface area (Å²) >= 11 is 0. The molecule has 172 valence electrons. The Morgan fingerprint density at radius 3 is 2.36 bits per heavy atom. The van der Waals surface area contributed by atoms with Crippen LogP contribution >= 0.6 is 0 Å². The van der Waals surface area contributed by atoms with Gasteiger partial charge < -0.3 is 10.2 Å². The number of carbonyl (C=O) groups is 1. The van der Waals surface area contributed by atoms with Crippen LogP contribution in [0, 0.1) is 11.7 Å². The minimum atomic E-state index is -3.72. The maximum Gasteiger partial charge on any atom is 0.264 e. The van der Waals surface area contributed by atoms with Crippen molar-refractivity contribution < 1.29 is 17.6 Å². The molecule has 1 aliphatic rings. The fraction of sp³-hybridized carbons (Fsp3) is 0.240. The summed E-state index contributed by atoms with van der Waals surface area (Å²) in [4.78, 5) is 14.9. The van der Waals surface area contributed by atoms with Gasteiger partial charge in [0.1, 0.15) is 5.82 Å². The molecule has 1 unspecified atom stereocenters. The van der Waals surface area contributed by atoms with Gasteiger partial charge in [-0.2, -0.15) is 0 Å². The predicted octanol–water partition coefficient (Wildman–Crippen LogP) is 3.91. The first-order valence-electron chi connectivity index (χ1n) is 10.8. The Balaban J connectivity index is 1.34. The molecule has 1 heterocycles. The Morgan fingerprint density at radius 1 is 1.03 bits per heavy atom. The Labute approximate surface area is 193 Å². The maximum absolute atomic E-state index is 13.1. The monoisotopic (exact) mass is 467 g/mol. The largest absolute Gasteiger partial charge is 0.371 e. The first-order valence-corrected chi connectivity index (χ1v) is 12.2. The summed E-state index contributed by atoms with van der Waals surface area (Å²) in [5.41, 5.74) is 1.94. The van der Waals surface area contributed by atoms with Crippen molar-refractivity contribution >= 4 is 27.3 Å². The summed E-state index contributed by atoms with van der Waals surface area (Å²) in [6.07, 6.45) is 0.931. The zero-order chi connectivity index (χ0) is 23.4. The van der Waals surface area contributed by atoms with Gasteiger partial charge in [-0.15, -0.1) is 0 Å². The number of para-hydroxylation sites is 1. The van der Waals surface area contributed by atoms with Crippen molar-refractivity contribution in [2.75, 3.05) is 35.9 Å². The molecule has 0 aliphatic carbocycles. The van der Waals surface area contributed by atoms with Crippen molar-refractivity contribution in [2.24, 2.45) is 5.92 Å². The summed E-state index contributed by atoms with van der Waals surface area (Å²) in [6, 6.07) is 21.2. The molecule has 1 fully saturated rings. The molecule has 0 bridgehead atoms. The molecule has 0 spiro atoms. The average Bonchev–Trinajstić information content (AvgIpc) is 3.32. The highest BCUT2D eigenvalue weighted by Gasteiger charge is 2.24. The highest BCUT2D eigenvalue weighted by molar-refractivity contribution is 7.92. The molecule has 3 aromatic rings. The quantitative estimate of drug-likeness (QED) is 0.572. The van der Waals surface area contributed by atoms with E-state index in [1.54, 1.807) is 36.4 Å². The second-order valence-corrected chi connectivity index (χ2v) is 10.1. The number of hydrogen-bond acceptors (Lipinski definition) is 4. The molecule has 1 amide bonds. The first kappa shape index (κ1) is 22.8. The fourth-order valence-electron chi connectivity index (χ4n) is 3.94. The number of hydrogen-bond donors (Lipinski definition) is 1. The Kier molecular flexibility index (Phi) is 6.65. The minimum absolute atomic E-state index is 0.121. The van der Waals surface area contributed by atoms with E-state index in [9.17, 15) is 17.6 Å². The first-order chi connectivity index (χ1) is 15.8. The van der Waals surface area contributed by atoms with Crippen LogP contribution in [0.3, 0.4) is 0 Å². The van der Waals surface area contributed by atoms with Crippen LogP contribution < -0.4 is 14.5 Å². The molecule has 0 saturated carbocycles. The van der Waals surface area contributed by atoms with Gasteiger partial charge in [-0.1, -0.05) is 18.2 Å². The summed E-state index contributed by atoms with van der Waals surface area (Å²) in [5, 5.41) is 2.94. The van der Waals surface area contributed by atoms with Crippen LogP contribution in [0.15, 0.2) is 83.8 Å². The van der Waals surface area contributed by atoms with Crippen molar-refractivity contribution in [3.05, 3.63) is 90.2 Å². The topological polar surface area (TPSA) is 69.7 Å². The molecule has 8 heteroatoms. The molecule has 0 aromatic heterocycles. The second kappa shape index (κ2) is 9.62. The van der Waals surface area contributed by atoms with Gasteiger partial charge >= 0.3 is 0 Å². The number of carbonyl (C=O) groups excluding carboxylic acids is 1. The third-order valence-electron chi connectivity index (χ3n) is 5.92. The third-order valence-corrected chi connectivity index (χ3v) is 7.72. The van der Waals surface area contributed by atoms with Crippen molar-refractivity contribution in [1.82, 2.24) is 5.32 Å². The zero-order valence-electron chi connectivity index (χ0n) is 18.3.